The molecule has 3 N–H and O–H groups in total. The van der Waals surface area contributed by atoms with Gasteiger partial charge >= 0.3 is 0 Å². The number of carbonyl (C=O) groups excluding carboxylic acids is 1. The zero-order valence-corrected chi connectivity index (χ0v) is 17.5. The first kappa shape index (κ1) is 22.1. The first-order chi connectivity index (χ1) is 15.3. The second kappa shape index (κ2) is 8.79. The lowest BCUT2D eigenvalue weighted by Gasteiger charge is -2.25. The molecule has 10 heteroatoms. The molecule has 0 bridgehead atoms. The number of aromatic amines is 1. The van der Waals surface area contributed by atoms with Crippen molar-refractivity contribution in [3.8, 4) is 0 Å². The molecule has 170 valence electrons. The van der Waals surface area contributed by atoms with E-state index in [9.17, 15) is 18.4 Å². The highest BCUT2D eigenvalue weighted by Gasteiger charge is 2.31. The Labute approximate surface area is 182 Å². The largest absolute Gasteiger partial charge is 0.390 e. The first-order valence-corrected chi connectivity index (χ1v) is 10.4. The van der Waals surface area contributed by atoms with Crippen LogP contribution < -0.4 is 10.9 Å². The number of fused-ring (bicyclic) bond motifs is 1. The molecule has 1 aliphatic rings. The van der Waals surface area contributed by atoms with Crippen molar-refractivity contribution in [1.29, 1.82) is 0 Å². The van der Waals surface area contributed by atoms with Crippen LogP contribution in [-0.2, 0) is 10.7 Å². The molecule has 0 saturated carbocycles. The van der Waals surface area contributed by atoms with Crippen LogP contribution >= 0.6 is 0 Å². The molecule has 8 nitrogen and oxygen atoms in total. The summed E-state index contributed by atoms with van der Waals surface area (Å²) in [6.07, 6.45) is 4.30. The number of benzene rings is 1. The zero-order valence-electron chi connectivity index (χ0n) is 17.5. The normalized spacial score (nSPS) is 16.2. The van der Waals surface area contributed by atoms with Gasteiger partial charge in [-0.25, -0.2) is 0 Å². The smallest absolute Gasteiger partial charge is 0.295 e. The van der Waals surface area contributed by atoms with E-state index in [1.54, 1.807) is 17.6 Å². The Bertz CT molecular complexity index is 1180. The number of nitrogens with one attached hydrogen (secondary N) is 2. The third-order valence-corrected chi connectivity index (χ3v) is 5.81. The lowest BCUT2D eigenvalue weighted by molar-refractivity contribution is -0.0556. The minimum Gasteiger partial charge on any atom is -0.390 e. The van der Waals surface area contributed by atoms with E-state index in [4.69, 9.17) is 9.84 Å². The lowest BCUT2D eigenvalue weighted by atomic mass is 10.0. The van der Waals surface area contributed by atoms with Crippen LogP contribution in [0, 0.1) is 0 Å². The summed E-state index contributed by atoms with van der Waals surface area (Å²) in [6.45, 7) is 1.44. The Morgan fingerprint density at radius 2 is 2.16 bits per heavy atom. The molecule has 1 aromatic carbocycles. The fraction of sp³-hybridized carbons (Fsp3) is 0.409. The molecule has 0 spiro atoms. The number of rotatable bonds is 6. The maximum absolute atomic E-state index is 13.9. The van der Waals surface area contributed by atoms with Crippen molar-refractivity contribution in [2.24, 2.45) is 0 Å². The summed E-state index contributed by atoms with van der Waals surface area (Å²) in [5, 5.41) is 18.8. The van der Waals surface area contributed by atoms with Crippen LogP contribution in [0.15, 0.2) is 41.5 Å². The molecule has 1 unspecified atom stereocenters. The van der Waals surface area contributed by atoms with Gasteiger partial charge in [-0.1, -0.05) is 18.2 Å². The number of pyridine rings is 1. The monoisotopic (exact) mass is 446 g/mol. The van der Waals surface area contributed by atoms with Gasteiger partial charge in [0.2, 0.25) is 0 Å². The Morgan fingerprint density at radius 3 is 2.88 bits per heavy atom. The second-order valence-corrected chi connectivity index (χ2v) is 7.93. The Morgan fingerprint density at radius 1 is 1.41 bits per heavy atom. The van der Waals surface area contributed by atoms with Crippen LogP contribution in [0.25, 0.3) is 10.9 Å². The van der Waals surface area contributed by atoms with Gasteiger partial charge in [-0.15, -0.1) is 0 Å². The number of aliphatic hydroxyl groups excluding tert-OH is 1. The number of H-pyrrole nitrogens is 1. The number of nitrogens with zero attached hydrogens (tertiary/aromatic N) is 2. The number of aromatic nitrogens is 3. The van der Waals surface area contributed by atoms with Crippen molar-refractivity contribution >= 4 is 16.8 Å². The fourth-order valence-corrected chi connectivity index (χ4v) is 3.94. The second-order valence-electron chi connectivity index (χ2n) is 7.93. The van der Waals surface area contributed by atoms with E-state index < -0.39 is 24.5 Å². The van der Waals surface area contributed by atoms with E-state index >= 15 is 0 Å². The number of carbonyl (C=O) groups is 1. The van der Waals surface area contributed by atoms with E-state index in [-0.39, 0.29) is 28.2 Å². The van der Waals surface area contributed by atoms with E-state index in [1.807, 2.05) is 0 Å². The highest BCUT2D eigenvalue weighted by molar-refractivity contribution is 6.05. The summed E-state index contributed by atoms with van der Waals surface area (Å²) in [6, 6.07) is 4.87. The van der Waals surface area contributed by atoms with Crippen LogP contribution in [0.2, 0.25) is 0 Å². The maximum atomic E-state index is 13.9. The topological polar surface area (TPSA) is 109 Å². The summed E-state index contributed by atoms with van der Waals surface area (Å²) in [4.78, 5) is 26.0. The SMILES string of the molecule is CC(NC(=O)c1cn(C2CCOCC2)c(=O)c2c[nH]nc12)c1cccc(C(F)(F)CO)c1. The molecule has 1 atom stereocenters. The van der Waals surface area contributed by atoms with Crippen molar-refractivity contribution < 1.29 is 23.4 Å². The molecular formula is C22H24F2N4O4. The van der Waals surface area contributed by atoms with E-state index in [0.717, 1.165) is 0 Å². The van der Waals surface area contributed by atoms with Gasteiger partial charge < -0.3 is 19.7 Å². The van der Waals surface area contributed by atoms with Crippen LogP contribution in [0.5, 0.6) is 0 Å². The van der Waals surface area contributed by atoms with Gasteiger partial charge in [0.05, 0.1) is 17.0 Å². The summed E-state index contributed by atoms with van der Waals surface area (Å²) in [5.41, 5.74) is 0.366. The van der Waals surface area contributed by atoms with Crippen LogP contribution in [0.3, 0.4) is 0 Å². The lowest BCUT2D eigenvalue weighted by Crippen LogP contribution is -2.32. The summed E-state index contributed by atoms with van der Waals surface area (Å²) < 4.78 is 34.7. The molecule has 0 aliphatic carbocycles. The van der Waals surface area contributed by atoms with Gasteiger partial charge in [-0.2, -0.15) is 13.9 Å². The average Bonchev–Trinajstić information content (AvgIpc) is 3.30. The quantitative estimate of drug-likeness (QED) is 0.539. The zero-order chi connectivity index (χ0) is 22.9. The minimum atomic E-state index is -3.37. The van der Waals surface area contributed by atoms with E-state index in [2.05, 4.69) is 15.5 Å². The minimum absolute atomic E-state index is 0.0862. The van der Waals surface area contributed by atoms with Gasteiger partial charge in [0.1, 0.15) is 12.1 Å². The van der Waals surface area contributed by atoms with Crippen molar-refractivity contribution in [1.82, 2.24) is 20.1 Å². The fourth-order valence-electron chi connectivity index (χ4n) is 3.94. The van der Waals surface area contributed by atoms with Gasteiger partial charge in [0, 0.05) is 37.2 Å². The number of aliphatic hydroxyl groups is 1. The van der Waals surface area contributed by atoms with Crippen molar-refractivity contribution in [2.75, 3.05) is 19.8 Å². The molecule has 3 aromatic rings. The molecule has 3 heterocycles. The highest BCUT2D eigenvalue weighted by Crippen LogP contribution is 2.29. The summed E-state index contributed by atoms with van der Waals surface area (Å²) in [5.74, 6) is -3.85. The maximum Gasteiger partial charge on any atom is 0.295 e. The van der Waals surface area contributed by atoms with Gasteiger partial charge in [0.25, 0.3) is 17.4 Å². The third kappa shape index (κ3) is 4.15. The summed E-state index contributed by atoms with van der Waals surface area (Å²) in [7, 11) is 0. The van der Waals surface area contributed by atoms with Crippen molar-refractivity contribution in [3.63, 3.8) is 0 Å². The van der Waals surface area contributed by atoms with Crippen LogP contribution in [0.4, 0.5) is 8.78 Å². The van der Waals surface area contributed by atoms with E-state index in [1.165, 1.54) is 30.6 Å². The Hall–Kier alpha value is -3.11. The summed E-state index contributed by atoms with van der Waals surface area (Å²) >= 11 is 0. The highest BCUT2D eigenvalue weighted by atomic mass is 19.3. The number of alkyl halides is 2. The third-order valence-electron chi connectivity index (χ3n) is 5.81. The number of amides is 1. The standard InChI is InChI=1S/C22H24F2N4O4/c1-13(14-3-2-4-15(9-14)22(23,24)12-29)26-20(30)18-11-28(16-5-7-32-8-6-16)21(31)17-10-25-27-19(17)18/h2-4,9-11,13,16,29H,5-8,12H2,1H3,(H,25,27)(H,26,30). The molecule has 32 heavy (non-hydrogen) atoms. The number of hydrogen-bond donors (Lipinski definition) is 3. The molecule has 1 saturated heterocycles. The van der Waals surface area contributed by atoms with Crippen molar-refractivity contribution in [2.45, 2.75) is 37.8 Å². The van der Waals surface area contributed by atoms with Crippen molar-refractivity contribution in [3.05, 3.63) is 63.7 Å². The molecule has 1 amide bonds. The average molecular weight is 446 g/mol. The molecule has 1 fully saturated rings. The Balaban J connectivity index is 1.64. The number of halogens is 2. The molecule has 2 aromatic heterocycles. The Kier molecular flexibility index (Phi) is 6.07. The number of ether oxygens (including phenoxy) is 1. The van der Waals surface area contributed by atoms with Gasteiger partial charge in [-0.3, -0.25) is 14.7 Å². The van der Waals surface area contributed by atoms with Crippen LogP contribution in [-0.4, -0.2) is 45.6 Å². The number of hydrogen-bond acceptors (Lipinski definition) is 5. The van der Waals surface area contributed by atoms with E-state index in [0.29, 0.717) is 37.0 Å². The van der Waals surface area contributed by atoms with Gasteiger partial charge in [-0.05, 0) is 31.4 Å². The molecular weight excluding hydrogens is 422 g/mol. The van der Waals surface area contributed by atoms with Gasteiger partial charge in [0.15, 0.2) is 0 Å². The molecule has 1 aliphatic heterocycles. The predicted molar refractivity (Wildman–Crippen MR) is 113 cm³/mol. The van der Waals surface area contributed by atoms with Crippen LogP contribution in [0.1, 0.15) is 53.3 Å². The molecule has 0 radical (unpaired) electrons. The first-order valence-electron chi connectivity index (χ1n) is 10.4. The molecule has 4 rings (SSSR count). The predicted octanol–water partition coefficient (Wildman–Crippen LogP) is 2.65.